The lowest BCUT2D eigenvalue weighted by molar-refractivity contribution is -0.150. The van der Waals surface area contributed by atoms with Gasteiger partial charge in [0.2, 0.25) is 5.91 Å². The van der Waals surface area contributed by atoms with E-state index in [4.69, 9.17) is 0 Å². The molecule has 0 bridgehead atoms. The summed E-state index contributed by atoms with van der Waals surface area (Å²) in [5.74, 6) is -2.16. The smallest absolute Gasteiger partial charge is 0.352 e. The topological polar surface area (TPSA) is 104 Å². The van der Waals surface area contributed by atoms with E-state index in [0.717, 1.165) is 10.5 Å². The fourth-order valence-electron chi connectivity index (χ4n) is 2.86. The summed E-state index contributed by atoms with van der Waals surface area (Å²) in [7, 11) is -1.47. The number of carboxylic acids is 1. The van der Waals surface area contributed by atoms with Crippen LogP contribution in [0, 0.1) is 0 Å². The Morgan fingerprint density at radius 2 is 1.96 bits per heavy atom. The van der Waals surface area contributed by atoms with E-state index in [1.165, 1.54) is 6.08 Å². The molecule has 2 heterocycles. The highest BCUT2D eigenvalue weighted by molar-refractivity contribution is 7.86. The van der Waals surface area contributed by atoms with Crippen molar-refractivity contribution in [2.24, 2.45) is 0 Å². The Kier molecular flexibility index (Phi) is 4.23. The first-order valence-electron chi connectivity index (χ1n) is 7.41. The molecule has 7 nitrogen and oxygen atoms in total. The quantitative estimate of drug-likeness (QED) is 0.746. The number of aliphatic carboxylic acids is 1. The second-order valence-electron chi connectivity index (χ2n) is 5.70. The van der Waals surface area contributed by atoms with Gasteiger partial charge in [0, 0.05) is 0 Å². The number of fused-ring (bicyclic) bond motifs is 1. The summed E-state index contributed by atoms with van der Waals surface area (Å²) in [6.45, 7) is 1.63. The molecule has 1 aromatic rings. The fourth-order valence-corrected chi connectivity index (χ4v) is 4.44. The van der Waals surface area contributed by atoms with Crippen LogP contribution in [-0.2, 0) is 31.6 Å². The number of nitrogens with zero attached hydrogens (tertiary/aromatic N) is 1. The van der Waals surface area contributed by atoms with E-state index in [-0.39, 0.29) is 18.0 Å². The summed E-state index contributed by atoms with van der Waals surface area (Å²) in [5, 5.41) is 10.4. The van der Waals surface area contributed by atoms with Crippen LogP contribution in [0.4, 0.5) is 0 Å². The third kappa shape index (κ3) is 2.73. The van der Waals surface area contributed by atoms with Gasteiger partial charge in [0.05, 0.1) is 22.5 Å². The maximum atomic E-state index is 12.4. The monoisotopic (exact) mass is 348 g/mol. The molecule has 2 N–H and O–H groups in total. The van der Waals surface area contributed by atoms with Crippen LogP contribution >= 0.6 is 0 Å². The maximum Gasteiger partial charge on any atom is 0.352 e. The molecule has 3 unspecified atom stereocenters. The minimum atomic E-state index is -1.47. The first-order chi connectivity index (χ1) is 11.4. The number of rotatable bonds is 4. The Bertz CT molecular complexity index is 761. The van der Waals surface area contributed by atoms with E-state index < -0.39 is 39.3 Å². The van der Waals surface area contributed by atoms with Crippen molar-refractivity contribution < 1.29 is 23.7 Å². The minimum absolute atomic E-state index is 0.0984. The van der Waals surface area contributed by atoms with E-state index in [0.29, 0.717) is 0 Å². The van der Waals surface area contributed by atoms with E-state index in [9.17, 15) is 23.7 Å². The molecule has 0 aliphatic carbocycles. The Labute approximate surface area is 140 Å². The lowest BCUT2D eigenvalue weighted by Gasteiger charge is -2.49. The van der Waals surface area contributed by atoms with Gasteiger partial charge in [-0.3, -0.25) is 18.7 Å². The van der Waals surface area contributed by atoms with Crippen LogP contribution in [0.15, 0.2) is 42.1 Å². The summed E-state index contributed by atoms with van der Waals surface area (Å²) in [4.78, 5) is 36.6. The van der Waals surface area contributed by atoms with Crippen molar-refractivity contribution in [2.45, 2.75) is 30.0 Å². The van der Waals surface area contributed by atoms with Crippen LogP contribution in [0.3, 0.4) is 0 Å². The molecule has 3 rings (SSSR count). The SMILES string of the molecule is CC1C=C(C(=O)O)N2C(=O)C(NC(=O)Cc3ccccc3)[C@H]2S1=O. The number of nitrogens with one attached hydrogen (secondary N) is 1. The van der Waals surface area contributed by atoms with Gasteiger partial charge < -0.3 is 10.4 Å². The number of carboxylic acid groups (broad SMARTS) is 1. The van der Waals surface area contributed by atoms with Crippen LogP contribution in [0.25, 0.3) is 0 Å². The van der Waals surface area contributed by atoms with Crippen molar-refractivity contribution in [3.63, 3.8) is 0 Å². The van der Waals surface area contributed by atoms with Crippen molar-refractivity contribution in [1.29, 1.82) is 0 Å². The molecular formula is C16H16N2O5S. The Morgan fingerprint density at radius 1 is 1.29 bits per heavy atom. The van der Waals surface area contributed by atoms with Gasteiger partial charge in [-0.25, -0.2) is 4.79 Å². The first-order valence-corrected chi connectivity index (χ1v) is 8.68. The summed E-state index contributed by atoms with van der Waals surface area (Å²) in [6.07, 6.45) is 1.41. The van der Waals surface area contributed by atoms with Crippen molar-refractivity contribution in [3.8, 4) is 0 Å². The molecule has 4 atom stereocenters. The van der Waals surface area contributed by atoms with Gasteiger partial charge in [0.15, 0.2) is 0 Å². The average Bonchev–Trinajstić information content (AvgIpc) is 2.55. The van der Waals surface area contributed by atoms with E-state index in [2.05, 4.69) is 5.32 Å². The molecule has 1 saturated heterocycles. The summed E-state index contributed by atoms with van der Waals surface area (Å²) in [5.41, 5.74) is 0.619. The van der Waals surface area contributed by atoms with Crippen molar-refractivity contribution >= 4 is 28.6 Å². The molecule has 0 aromatic heterocycles. The normalized spacial score (nSPS) is 28.5. The highest BCUT2D eigenvalue weighted by atomic mass is 32.2. The Balaban J connectivity index is 1.74. The van der Waals surface area contributed by atoms with Gasteiger partial charge in [-0.05, 0) is 18.6 Å². The molecule has 24 heavy (non-hydrogen) atoms. The Hall–Kier alpha value is -2.48. The number of hydrogen-bond donors (Lipinski definition) is 2. The molecule has 0 spiro atoms. The first kappa shape index (κ1) is 16.4. The number of benzene rings is 1. The van der Waals surface area contributed by atoms with Gasteiger partial charge >= 0.3 is 5.97 Å². The van der Waals surface area contributed by atoms with Gasteiger partial charge in [-0.15, -0.1) is 0 Å². The second kappa shape index (κ2) is 6.20. The van der Waals surface area contributed by atoms with Gasteiger partial charge in [-0.1, -0.05) is 30.3 Å². The third-order valence-corrected chi connectivity index (χ3v) is 5.87. The molecule has 126 valence electrons. The lowest BCUT2D eigenvalue weighted by Crippen LogP contribution is -2.73. The van der Waals surface area contributed by atoms with E-state index in [1.54, 1.807) is 31.2 Å². The average molecular weight is 348 g/mol. The lowest BCUT2D eigenvalue weighted by atomic mass is 10.0. The van der Waals surface area contributed by atoms with Crippen LogP contribution < -0.4 is 5.32 Å². The van der Waals surface area contributed by atoms with Crippen molar-refractivity contribution in [3.05, 3.63) is 47.7 Å². The fraction of sp³-hybridized carbons (Fsp3) is 0.312. The van der Waals surface area contributed by atoms with Gasteiger partial charge in [-0.2, -0.15) is 0 Å². The zero-order valence-corrected chi connectivity index (χ0v) is 13.7. The minimum Gasteiger partial charge on any atom is -0.477 e. The van der Waals surface area contributed by atoms with E-state index in [1.807, 2.05) is 6.07 Å². The summed E-state index contributed by atoms with van der Waals surface area (Å²) < 4.78 is 12.4. The molecule has 0 saturated carbocycles. The highest BCUT2D eigenvalue weighted by Gasteiger charge is 2.56. The van der Waals surface area contributed by atoms with Crippen molar-refractivity contribution in [1.82, 2.24) is 10.2 Å². The van der Waals surface area contributed by atoms with Crippen LogP contribution in [0.2, 0.25) is 0 Å². The highest BCUT2D eigenvalue weighted by Crippen LogP contribution is 2.34. The molecule has 1 aromatic carbocycles. The number of β-lactam (4-membered cyclic amide) rings is 1. The van der Waals surface area contributed by atoms with Gasteiger partial charge in [0.1, 0.15) is 17.1 Å². The number of carbonyl (C=O) groups is 3. The van der Waals surface area contributed by atoms with E-state index >= 15 is 0 Å². The summed E-state index contributed by atoms with van der Waals surface area (Å²) >= 11 is 0. The molecule has 8 heteroatoms. The zero-order valence-electron chi connectivity index (χ0n) is 12.8. The van der Waals surface area contributed by atoms with Crippen LogP contribution in [-0.4, -0.2) is 48.7 Å². The van der Waals surface area contributed by atoms with Crippen LogP contribution in [0.1, 0.15) is 12.5 Å². The molecule has 1 fully saturated rings. The number of hydrogen-bond acceptors (Lipinski definition) is 4. The molecular weight excluding hydrogens is 332 g/mol. The largest absolute Gasteiger partial charge is 0.477 e. The van der Waals surface area contributed by atoms with Gasteiger partial charge in [0.25, 0.3) is 5.91 Å². The number of amides is 2. The maximum absolute atomic E-state index is 12.4. The molecule has 0 radical (unpaired) electrons. The Morgan fingerprint density at radius 3 is 2.58 bits per heavy atom. The number of carbonyl (C=O) groups excluding carboxylic acids is 2. The molecule has 2 amide bonds. The summed E-state index contributed by atoms with van der Waals surface area (Å²) in [6, 6.07) is 8.08. The standard InChI is InChI=1S/C16H16N2O5S/c1-9-7-11(16(21)22)18-14(20)13(15(18)24(9)23)17-12(19)8-10-5-3-2-4-6-10/h2-7,9,13,15H,8H2,1H3,(H,17,19)(H,21,22)/t9?,13?,15-,24?/m1/s1. The van der Waals surface area contributed by atoms with Crippen LogP contribution in [0.5, 0.6) is 0 Å². The molecule has 2 aliphatic rings. The second-order valence-corrected chi connectivity index (χ2v) is 7.58. The molecule has 2 aliphatic heterocycles. The predicted molar refractivity (Wildman–Crippen MR) is 86.0 cm³/mol. The third-order valence-electron chi connectivity index (χ3n) is 4.04. The van der Waals surface area contributed by atoms with Crippen molar-refractivity contribution in [2.75, 3.05) is 0 Å². The zero-order chi connectivity index (χ0) is 17.4. The predicted octanol–water partition coefficient (Wildman–Crippen LogP) is 0.00150.